The third kappa shape index (κ3) is 5.17. The number of carboxylic acids is 1. The van der Waals surface area contributed by atoms with Crippen molar-refractivity contribution in [3.8, 4) is 0 Å². The molecule has 1 saturated carbocycles. The zero-order valence-electron chi connectivity index (χ0n) is 20.1. The van der Waals surface area contributed by atoms with Crippen LogP contribution in [0.4, 0.5) is 11.8 Å². The largest absolute Gasteiger partial charge is 0.478 e. The Bertz CT molecular complexity index is 1230. The number of halogens is 1. The third-order valence-corrected chi connectivity index (χ3v) is 6.71. The Hall–Kier alpha value is -3.13. The average molecular weight is 486 g/mol. The van der Waals surface area contributed by atoms with Gasteiger partial charge < -0.3 is 15.7 Å². The van der Waals surface area contributed by atoms with E-state index in [0.29, 0.717) is 16.9 Å². The van der Waals surface area contributed by atoms with Gasteiger partial charge in [-0.15, -0.1) is 0 Å². The molecule has 9 heteroatoms. The first kappa shape index (κ1) is 25.5. The van der Waals surface area contributed by atoms with E-state index in [-0.39, 0.29) is 33.9 Å². The fraction of sp³-hybridized carbons (Fsp3) is 0.440. The first-order valence-corrected chi connectivity index (χ1v) is 12.1. The molecule has 1 aliphatic rings. The molecule has 4 rings (SSSR count). The zero-order valence-corrected chi connectivity index (χ0v) is 20.9. The van der Waals surface area contributed by atoms with E-state index in [2.05, 4.69) is 22.5 Å². The van der Waals surface area contributed by atoms with E-state index in [9.17, 15) is 14.7 Å². The van der Waals surface area contributed by atoms with E-state index < -0.39 is 5.97 Å². The van der Waals surface area contributed by atoms with Gasteiger partial charge in [0.25, 0.3) is 5.56 Å². The smallest absolute Gasteiger partial charge is 0.339 e. The van der Waals surface area contributed by atoms with Crippen LogP contribution in [0.15, 0.2) is 35.3 Å². The summed E-state index contributed by atoms with van der Waals surface area (Å²) < 4.78 is 1.55. The summed E-state index contributed by atoms with van der Waals surface area (Å²) in [6.07, 6.45) is 6.10. The first-order valence-electron chi connectivity index (χ1n) is 11.7. The summed E-state index contributed by atoms with van der Waals surface area (Å²) in [5.74, 6) is -0.388. The number of nitrogens with zero attached hydrogens (tertiary/aromatic N) is 3. The summed E-state index contributed by atoms with van der Waals surface area (Å²) in [6, 6.07) is 6.76. The number of rotatable bonds is 8. The van der Waals surface area contributed by atoms with Crippen molar-refractivity contribution in [1.82, 2.24) is 14.5 Å². The van der Waals surface area contributed by atoms with Crippen molar-refractivity contribution < 1.29 is 9.90 Å². The second-order valence-corrected chi connectivity index (χ2v) is 8.82. The van der Waals surface area contributed by atoms with Crippen LogP contribution in [0.1, 0.15) is 62.4 Å². The number of anilines is 2. The van der Waals surface area contributed by atoms with Crippen LogP contribution in [-0.4, -0.2) is 32.2 Å². The SMILES string of the molecule is CC.CCC1(CNc2nc3c(CNc4ncc(Cl)cc4C(=O)O)cccc3c(=O)n2C)CCC1. The quantitative estimate of drug-likeness (QED) is 0.396. The van der Waals surface area contributed by atoms with Gasteiger partial charge in [0, 0.05) is 26.3 Å². The van der Waals surface area contributed by atoms with Crippen LogP contribution in [0.5, 0.6) is 0 Å². The fourth-order valence-electron chi connectivity index (χ4n) is 4.18. The standard InChI is InChI=1S/C23H26ClN5O3.C2H6/c1-3-23(8-5-9-23)13-27-22-28-18-14(6-4-7-16(18)20(30)29(22)2)11-25-19-17(21(31)32)10-15(24)12-26-19;1-2/h4,6-7,10,12H,3,5,8-9,11,13H2,1-2H3,(H,25,26)(H,27,28)(H,31,32);1-2H3. The lowest BCUT2D eigenvalue weighted by Gasteiger charge is -2.41. The van der Waals surface area contributed by atoms with Crippen LogP contribution in [0.3, 0.4) is 0 Å². The molecule has 2 aromatic heterocycles. The number of pyridine rings is 1. The predicted molar refractivity (Wildman–Crippen MR) is 137 cm³/mol. The van der Waals surface area contributed by atoms with E-state index in [1.165, 1.54) is 31.5 Å². The molecule has 0 spiro atoms. The minimum atomic E-state index is -1.13. The Morgan fingerprint density at radius 3 is 2.62 bits per heavy atom. The number of hydrogen-bond acceptors (Lipinski definition) is 6. The third-order valence-electron chi connectivity index (χ3n) is 6.51. The topological polar surface area (TPSA) is 109 Å². The summed E-state index contributed by atoms with van der Waals surface area (Å²) in [4.78, 5) is 33.4. The summed E-state index contributed by atoms with van der Waals surface area (Å²) in [6.45, 7) is 7.24. The molecule has 1 fully saturated rings. The molecule has 0 amide bonds. The second-order valence-electron chi connectivity index (χ2n) is 8.38. The molecular formula is C25H32ClN5O3. The highest BCUT2D eigenvalue weighted by atomic mass is 35.5. The molecule has 0 radical (unpaired) electrons. The summed E-state index contributed by atoms with van der Waals surface area (Å²) in [7, 11) is 1.72. The number of hydrogen-bond donors (Lipinski definition) is 3. The van der Waals surface area contributed by atoms with Gasteiger partial charge in [-0.25, -0.2) is 14.8 Å². The Morgan fingerprint density at radius 1 is 1.26 bits per heavy atom. The van der Waals surface area contributed by atoms with Gasteiger partial charge in [0.15, 0.2) is 0 Å². The average Bonchev–Trinajstić information content (AvgIpc) is 2.82. The predicted octanol–water partition coefficient (Wildman–Crippen LogP) is 5.31. The highest BCUT2D eigenvalue weighted by molar-refractivity contribution is 6.30. The maximum atomic E-state index is 13.0. The molecule has 0 unspecified atom stereocenters. The molecule has 2 heterocycles. The summed E-state index contributed by atoms with van der Waals surface area (Å²) in [5.41, 5.74) is 1.48. The van der Waals surface area contributed by atoms with Crippen molar-refractivity contribution in [3.63, 3.8) is 0 Å². The van der Waals surface area contributed by atoms with Crippen molar-refractivity contribution >= 4 is 40.2 Å². The molecule has 0 bridgehead atoms. The van der Waals surface area contributed by atoms with E-state index >= 15 is 0 Å². The van der Waals surface area contributed by atoms with Gasteiger partial charge in [-0.1, -0.05) is 50.9 Å². The van der Waals surface area contributed by atoms with Gasteiger partial charge in [-0.05, 0) is 42.4 Å². The molecule has 1 aromatic carbocycles. The maximum absolute atomic E-state index is 13.0. The molecule has 8 nitrogen and oxygen atoms in total. The zero-order chi connectivity index (χ0) is 24.9. The molecule has 0 atom stereocenters. The van der Waals surface area contributed by atoms with Gasteiger partial charge in [-0.2, -0.15) is 0 Å². The lowest BCUT2D eigenvalue weighted by Crippen LogP contribution is -2.37. The van der Waals surface area contributed by atoms with Gasteiger partial charge in [0.2, 0.25) is 5.95 Å². The van der Waals surface area contributed by atoms with Crippen LogP contribution < -0.4 is 16.2 Å². The molecular weight excluding hydrogens is 454 g/mol. The van der Waals surface area contributed by atoms with E-state index in [4.69, 9.17) is 16.6 Å². The van der Waals surface area contributed by atoms with Crippen LogP contribution in [0.25, 0.3) is 10.9 Å². The number of nitrogens with one attached hydrogen (secondary N) is 2. The van der Waals surface area contributed by atoms with Crippen LogP contribution in [-0.2, 0) is 13.6 Å². The minimum absolute atomic E-state index is 0.0191. The van der Waals surface area contributed by atoms with Crippen molar-refractivity contribution in [2.45, 2.75) is 53.0 Å². The summed E-state index contributed by atoms with van der Waals surface area (Å²) >= 11 is 5.89. The minimum Gasteiger partial charge on any atom is -0.478 e. The molecule has 0 saturated heterocycles. The Labute approximate surface area is 204 Å². The van der Waals surface area contributed by atoms with E-state index in [0.717, 1.165) is 18.5 Å². The van der Waals surface area contributed by atoms with Crippen molar-refractivity contribution in [2.75, 3.05) is 17.2 Å². The lowest BCUT2D eigenvalue weighted by atomic mass is 9.67. The Kier molecular flexibility index (Phi) is 8.15. The number of aromatic nitrogens is 3. The van der Waals surface area contributed by atoms with E-state index in [1.807, 2.05) is 19.9 Å². The second kappa shape index (κ2) is 10.9. The molecule has 3 N–H and O–H groups in total. The lowest BCUT2D eigenvalue weighted by molar-refractivity contribution is 0.0697. The number of fused-ring (bicyclic) bond motifs is 1. The van der Waals surface area contributed by atoms with Crippen molar-refractivity contribution in [3.05, 3.63) is 57.0 Å². The molecule has 34 heavy (non-hydrogen) atoms. The Balaban J connectivity index is 0.00000158. The van der Waals surface area contributed by atoms with Crippen LogP contribution >= 0.6 is 11.6 Å². The molecule has 182 valence electrons. The highest BCUT2D eigenvalue weighted by Gasteiger charge is 2.35. The summed E-state index contributed by atoms with van der Waals surface area (Å²) in [5, 5.41) is 16.6. The number of carboxylic acid groups (broad SMARTS) is 1. The van der Waals surface area contributed by atoms with Crippen molar-refractivity contribution in [2.24, 2.45) is 12.5 Å². The number of aromatic carboxylic acids is 1. The van der Waals surface area contributed by atoms with Crippen molar-refractivity contribution in [1.29, 1.82) is 0 Å². The van der Waals surface area contributed by atoms with Gasteiger partial charge in [0.1, 0.15) is 11.4 Å². The maximum Gasteiger partial charge on any atom is 0.339 e. The van der Waals surface area contributed by atoms with Crippen LogP contribution in [0.2, 0.25) is 5.02 Å². The van der Waals surface area contributed by atoms with Gasteiger partial charge >= 0.3 is 5.97 Å². The number of carbonyl (C=O) groups is 1. The highest BCUT2D eigenvalue weighted by Crippen LogP contribution is 2.43. The monoisotopic (exact) mass is 485 g/mol. The number of para-hydroxylation sites is 1. The molecule has 3 aromatic rings. The van der Waals surface area contributed by atoms with Gasteiger partial charge in [-0.3, -0.25) is 9.36 Å². The molecule has 0 aliphatic heterocycles. The Morgan fingerprint density at radius 2 is 2.00 bits per heavy atom. The first-order chi connectivity index (χ1) is 16.3. The number of benzene rings is 1. The van der Waals surface area contributed by atoms with Crippen LogP contribution in [0, 0.1) is 5.41 Å². The molecule has 1 aliphatic carbocycles. The normalized spacial score (nSPS) is 14.0. The fourth-order valence-corrected chi connectivity index (χ4v) is 4.33. The van der Waals surface area contributed by atoms with Gasteiger partial charge in [0.05, 0.1) is 15.9 Å². The van der Waals surface area contributed by atoms with E-state index in [1.54, 1.807) is 23.7 Å².